The number of amides is 1. The van der Waals surface area contributed by atoms with Crippen molar-refractivity contribution in [1.29, 1.82) is 0 Å². The fourth-order valence-corrected chi connectivity index (χ4v) is 2.40. The fraction of sp³-hybridized carbons (Fsp3) is 0.583. The number of rotatable bonds is 5. The molecule has 1 unspecified atom stereocenters. The van der Waals surface area contributed by atoms with E-state index < -0.39 is 0 Å². The third kappa shape index (κ3) is 3.14. The first kappa shape index (κ1) is 14.5. The smallest absolute Gasteiger partial charge is 0.240 e. The SMILES string of the molecule is COCc1nc(NN)cc(N2CCCCC2C(N)=O)n1. The van der Waals surface area contributed by atoms with Crippen molar-refractivity contribution in [2.24, 2.45) is 11.6 Å². The average molecular weight is 280 g/mol. The quantitative estimate of drug-likeness (QED) is 0.502. The Balaban J connectivity index is 2.33. The van der Waals surface area contributed by atoms with E-state index in [0.717, 1.165) is 25.8 Å². The van der Waals surface area contributed by atoms with Crippen LogP contribution in [-0.2, 0) is 16.1 Å². The van der Waals surface area contributed by atoms with Crippen LogP contribution in [0.2, 0.25) is 0 Å². The minimum atomic E-state index is -0.334. The molecule has 8 nitrogen and oxygen atoms in total. The van der Waals surface area contributed by atoms with Gasteiger partial charge in [-0.1, -0.05) is 0 Å². The maximum atomic E-state index is 11.6. The standard InChI is InChI=1S/C12H20N6O2/c1-20-7-10-15-9(17-14)6-11(16-10)18-5-3-2-4-8(18)12(13)19/h6,8H,2-5,7,14H2,1H3,(H2,13,19)(H,15,16,17). The number of methoxy groups -OCH3 is 1. The number of primary amides is 1. The van der Waals surface area contributed by atoms with Crippen LogP contribution in [0.5, 0.6) is 0 Å². The zero-order chi connectivity index (χ0) is 14.5. The summed E-state index contributed by atoms with van der Waals surface area (Å²) in [6.07, 6.45) is 2.73. The normalized spacial score (nSPS) is 18.9. The Morgan fingerprint density at radius 3 is 3.00 bits per heavy atom. The monoisotopic (exact) mass is 280 g/mol. The summed E-state index contributed by atoms with van der Waals surface area (Å²) in [5.41, 5.74) is 7.97. The number of carbonyl (C=O) groups excluding carboxylic acids is 1. The molecule has 0 saturated carbocycles. The van der Waals surface area contributed by atoms with Crippen LogP contribution in [0.1, 0.15) is 25.1 Å². The van der Waals surface area contributed by atoms with Gasteiger partial charge in [0, 0.05) is 19.7 Å². The van der Waals surface area contributed by atoms with Gasteiger partial charge in [-0.05, 0) is 19.3 Å². The highest BCUT2D eigenvalue weighted by Crippen LogP contribution is 2.24. The number of anilines is 2. The number of ether oxygens (including phenoxy) is 1. The molecule has 1 saturated heterocycles. The van der Waals surface area contributed by atoms with Gasteiger partial charge < -0.3 is 20.8 Å². The van der Waals surface area contributed by atoms with E-state index in [-0.39, 0.29) is 18.6 Å². The predicted molar refractivity (Wildman–Crippen MR) is 74.7 cm³/mol. The second-order valence-electron chi connectivity index (χ2n) is 4.71. The van der Waals surface area contributed by atoms with Gasteiger partial charge in [-0.25, -0.2) is 15.8 Å². The zero-order valence-corrected chi connectivity index (χ0v) is 11.5. The fourth-order valence-electron chi connectivity index (χ4n) is 2.40. The van der Waals surface area contributed by atoms with E-state index in [0.29, 0.717) is 17.5 Å². The van der Waals surface area contributed by atoms with Crippen molar-refractivity contribution in [2.75, 3.05) is 24.0 Å². The molecule has 1 fully saturated rings. The van der Waals surface area contributed by atoms with Crippen LogP contribution < -0.4 is 21.9 Å². The van der Waals surface area contributed by atoms with Gasteiger partial charge in [0.05, 0.1) is 0 Å². The third-order valence-corrected chi connectivity index (χ3v) is 3.31. The van der Waals surface area contributed by atoms with E-state index >= 15 is 0 Å². The summed E-state index contributed by atoms with van der Waals surface area (Å²) in [4.78, 5) is 22.1. The number of aromatic nitrogens is 2. The van der Waals surface area contributed by atoms with Crippen molar-refractivity contribution < 1.29 is 9.53 Å². The predicted octanol–water partition coefficient (Wildman–Crippen LogP) is -0.247. The number of hydrogen-bond donors (Lipinski definition) is 3. The summed E-state index contributed by atoms with van der Waals surface area (Å²) in [7, 11) is 1.57. The number of nitrogens with two attached hydrogens (primary N) is 2. The molecule has 1 aromatic rings. The average Bonchev–Trinajstić information content (AvgIpc) is 2.47. The highest BCUT2D eigenvalue weighted by atomic mass is 16.5. The van der Waals surface area contributed by atoms with Crippen LogP contribution in [0, 0.1) is 0 Å². The van der Waals surface area contributed by atoms with Gasteiger partial charge in [-0.3, -0.25) is 4.79 Å². The van der Waals surface area contributed by atoms with Crippen molar-refractivity contribution >= 4 is 17.5 Å². The lowest BCUT2D eigenvalue weighted by Crippen LogP contribution is -2.48. The molecule has 1 amide bonds. The van der Waals surface area contributed by atoms with Crippen molar-refractivity contribution in [2.45, 2.75) is 31.9 Å². The molecule has 0 aromatic carbocycles. The first-order valence-electron chi connectivity index (χ1n) is 6.55. The summed E-state index contributed by atoms with van der Waals surface area (Å²) in [5.74, 6) is 6.71. The largest absolute Gasteiger partial charge is 0.377 e. The Labute approximate surface area is 117 Å². The van der Waals surface area contributed by atoms with Gasteiger partial charge in [0.2, 0.25) is 5.91 Å². The van der Waals surface area contributed by atoms with E-state index in [1.54, 1.807) is 13.2 Å². The van der Waals surface area contributed by atoms with Crippen molar-refractivity contribution in [3.05, 3.63) is 11.9 Å². The van der Waals surface area contributed by atoms with Gasteiger partial charge in [0.15, 0.2) is 5.82 Å². The number of carbonyl (C=O) groups is 1. The lowest BCUT2D eigenvalue weighted by atomic mass is 10.0. The van der Waals surface area contributed by atoms with Gasteiger partial charge in [0.1, 0.15) is 24.3 Å². The van der Waals surface area contributed by atoms with Gasteiger partial charge in [0.25, 0.3) is 0 Å². The van der Waals surface area contributed by atoms with Crippen LogP contribution in [0.3, 0.4) is 0 Å². The van der Waals surface area contributed by atoms with Gasteiger partial charge in [-0.2, -0.15) is 0 Å². The number of nitrogens with one attached hydrogen (secondary N) is 1. The number of nitrogens with zero attached hydrogens (tertiary/aromatic N) is 3. The van der Waals surface area contributed by atoms with E-state index in [1.165, 1.54) is 0 Å². The Hall–Kier alpha value is -1.93. The minimum Gasteiger partial charge on any atom is -0.377 e. The summed E-state index contributed by atoms with van der Waals surface area (Å²) in [6.45, 7) is 1.01. The second-order valence-corrected chi connectivity index (χ2v) is 4.71. The summed E-state index contributed by atoms with van der Waals surface area (Å²) in [5, 5.41) is 0. The number of hydrazine groups is 1. The topological polar surface area (TPSA) is 119 Å². The lowest BCUT2D eigenvalue weighted by molar-refractivity contribution is -0.119. The summed E-state index contributed by atoms with van der Waals surface area (Å²) in [6, 6.07) is 1.38. The molecule has 5 N–H and O–H groups in total. The molecule has 20 heavy (non-hydrogen) atoms. The minimum absolute atomic E-state index is 0.275. The maximum absolute atomic E-state index is 11.6. The van der Waals surface area contributed by atoms with Gasteiger partial charge >= 0.3 is 0 Å². The Morgan fingerprint density at radius 2 is 2.35 bits per heavy atom. The molecule has 0 spiro atoms. The first-order valence-corrected chi connectivity index (χ1v) is 6.55. The molecule has 2 rings (SSSR count). The highest BCUT2D eigenvalue weighted by Gasteiger charge is 2.28. The van der Waals surface area contributed by atoms with E-state index in [1.807, 2.05) is 4.90 Å². The van der Waals surface area contributed by atoms with Crippen molar-refractivity contribution in [3.63, 3.8) is 0 Å². The highest BCUT2D eigenvalue weighted by molar-refractivity contribution is 5.83. The molecule has 1 atom stereocenters. The van der Waals surface area contributed by atoms with Crippen LogP contribution in [0.15, 0.2) is 6.07 Å². The molecular weight excluding hydrogens is 260 g/mol. The zero-order valence-electron chi connectivity index (χ0n) is 11.5. The Bertz CT molecular complexity index is 481. The second kappa shape index (κ2) is 6.49. The third-order valence-electron chi connectivity index (χ3n) is 3.31. The molecule has 1 aromatic heterocycles. The molecule has 110 valence electrons. The molecule has 0 bridgehead atoms. The number of nitrogen functional groups attached to an aromatic ring is 1. The van der Waals surface area contributed by atoms with E-state index in [9.17, 15) is 4.79 Å². The Kier molecular flexibility index (Phi) is 4.70. The Morgan fingerprint density at radius 1 is 1.55 bits per heavy atom. The summed E-state index contributed by atoms with van der Waals surface area (Å²) >= 11 is 0. The van der Waals surface area contributed by atoms with Crippen molar-refractivity contribution in [1.82, 2.24) is 9.97 Å². The lowest BCUT2D eigenvalue weighted by Gasteiger charge is -2.34. The van der Waals surface area contributed by atoms with Crippen LogP contribution >= 0.6 is 0 Å². The van der Waals surface area contributed by atoms with Gasteiger partial charge in [-0.15, -0.1) is 0 Å². The molecule has 0 aliphatic carbocycles. The molecule has 8 heteroatoms. The number of hydrogen-bond acceptors (Lipinski definition) is 7. The molecule has 0 radical (unpaired) electrons. The van der Waals surface area contributed by atoms with E-state index in [4.69, 9.17) is 16.3 Å². The molecular formula is C12H20N6O2. The van der Waals surface area contributed by atoms with E-state index in [2.05, 4.69) is 15.4 Å². The number of piperidine rings is 1. The van der Waals surface area contributed by atoms with Crippen LogP contribution in [0.4, 0.5) is 11.6 Å². The summed E-state index contributed by atoms with van der Waals surface area (Å²) < 4.78 is 5.04. The molecule has 1 aliphatic rings. The molecule has 2 heterocycles. The maximum Gasteiger partial charge on any atom is 0.240 e. The van der Waals surface area contributed by atoms with Crippen LogP contribution in [-0.4, -0.2) is 35.6 Å². The van der Waals surface area contributed by atoms with Crippen LogP contribution in [0.25, 0.3) is 0 Å². The molecule has 1 aliphatic heterocycles. The van der Waals surface area contributed by atoms with Crippen molar-refractivity contribution in [3.8, 4) is 0 Å². The first-order chi connectivity index (χ1) is 9.65.